The molecule has 1 aliphatic heterocycles. The zero-order chi connectivity index (χ0) is 16.4. The summed E-state index contributed by atoms with van der Waals surface area (Å²) in [6.07, 6.45) is 0. The van der Waals surface area contributed by atoms with Gasteiger partial charge in [0, 0.05) is 20.1 Å². The van der Waals surface area contributed by atoms with Gasteiger partial charge in [-0.05, 0) is 12.1 Å². The lowest BCUT2D eigenvalue weighted by Crippen LogP contribution is -2.38. The smallest absolute Gasteiger partial charge is 0.339 e. The second-order valence-corrected chi connectivity index (χ2v) is 5.35. The highest BCUT2D eigenvalue weighted by molar-refractivity contribution is 6.41. The Kier molecular flexibility index (Phi) is 4.77. The molecular weight excluding hydrogens is 333 g/mol. The minimum atomic E-state index is -0.667. The molecule has 0 bridgehead atoms. The van der Waals surface area contributed by atoms with Gasteiger partial charge in [0.25, 0.3) is 0 Å². The first-order chi connectivity index (χ1) is 10.4. The van der Waals surface area contributed by atoms with Crippen molar-refractivity contribution in [2.24, 2.45) is 0 Å². The fourth-order valence-corrected chi connectivity index (χ4v) is 2.49. The summed E-state index contributed by atoms with van der Waals surface area (Å²) in [7, 11) is 2.80. The highest BCUT2D eigenvalue weighted by atomic mass is 35.5. The monoisotopic (exact) mass is 345 g/mol. The van der Waals surface area contributed by atoms with Crippen LogP contribution in [0, 0.1) is 0 Å². The number of hydrogen-bond acceptors (Lipinski definition) is 4. The zero-order valence-corrected chi connectivity index (χ0v) is 13.4. The van der Waals surface area contributed by atoms with E-state index in [2.05, 4.69) is 10.1 Å². The number of rotatable bonds is 2. The highest BCUT2D eigenvalue weighted by Crippen LogP contribution is 2.34. The predicted molar refractivity (Wildman–Crippen MR) is 81.6 cm³/mol. The largest absolute Gasteiger partial charge is 0.465 e. The third-order valence-corrected chi connectivity index (χ3v) is 3.90. The van der Waals surface area contributed by atoms with Crippen LogP contribution in [0.15, 0.2) is 12.1 Å². The number of benzene rings is 1. The van der Waals surface area contributed by atoms with Crippen LogP contribution in [0.1, 0.15) is 10.4 Å². The number of esters is 1. The topological polar surface area (TPSA) is 79.0 Å². The first kappa shape index (κ1) is 16.4. The van der Waals surface area contributed by atoms with Gasteiger partial charge in [-0.1, -0.05) is 23.2 Å². The van der Waals surface area contributed by atoms with Crippen LogP contribution in [0.3, 0.4) is 0 Å². The normalized spacial score (nSPS) is 14.3. The maximum atomic E-state index is 12.2. The Morgan fingerprint density at radius 1 is 1.27 bits per heavy atom. The van der Waals surface area contributed by atoms with Crippen molar-refractivity contribution in [3.63, 3.8) is 0 Å². The molecule has 4 amide bonds. The fourth-order valence-electron chi connectivity index (χ4n) is 1.94. The third-order valence-electron chi connectivity index (χ3n) is 3.19. The first-order valence-corrected chi connectivity index (χ1v) is 7.02. The predicted octanol–water partition coefficient (Wildman–Crippen LogP) is 2.68. The van der Waals surface area contributed by atoms with Crippen molar-refractivity contribution in [3.05, 3.63) is 27.7 Å². The molecule has 9 heteroatoms. The SMILES string of the molecule is COC(=O)c1ccc(Cl)c(NC(=O)N2CCN(C)C2=O)c1Cl. The number of amides is 4. The lowest BCUT2D eigenvalue weighted by molar-refractivity contribution is 0.0601. The molecule has 0 spiro atoms. The number of nitrogens with one attached hydrogen (secondary N) is 1. The van der Waals surface area contributed by atoms with E-state index < -0.39 is 18.0 Å². The Labute approximate surface area is 136 Å². The van der Waals surface area contributed by atoms with Gasteiger partial charge in [-0.25, -0.2) is 19.3 Å². The summed E-state index contributed by atoms with van der Waals surface area (Å²) in [5.41, 5.74) is 0.118. The van der Waals surface area contributed by atoms with Crippen molar-refractivity contribution >= 4 is 46.9 Å². The number of carbonyl (C=O) groups is 3. The number of methoxy groups -OCH3 is 1. The molecule has 0 aromatic heterocycles. The summed E-state index contributed by atoms with van der Waals surface area (Å²) in [5, 5.41) is 2.55. The van der Waals surface area contributed by atoms with Crippen LogP contribution in [0.4, 0.5) is 15.3 Å². The van der Waals surface area contributed by atoms with E-state index >= 15 is 0 Å². The number of likely N-dealkylation sites (N-methyl/N-ethyl adjacent to an activating group) is 1. The van der Waals surface area contributed by atoms with Gasteiger partial charge in [0.1, 0.15) is 0 Å². The summed E-state index contributed by atoms with van der Waals surface area (Å²) in [6.45, 7) is 0.697. The molecule has 0 radical (unpaired) electrons. The zero-order valence-electron chi connectivity index (χ0n) is 11.9. The fraction of sp³-hybridized carbons (Fsp3) is 0.308. The second kappa shape index (κ2) is 6.41. The van der Waals surface area contributed by atoms with Gasteiger partial charge in [-0.3, -0.25) is 0 Å². The summed E-state index contributed by atoms with van der Waals surface area (Å²) >= 11 is 12.1. The lowest BCUT2D eigenvalue weighted by Gasteiger charge is -2.17. The van der Waals surface area contributed by atoms with Crippen molar-refractivity contribution in [3.8, 4) is 0 Å². The van der Waals surface area contributed by atoms with Crippen LogP contribution in [0.2, 0.25) is 10.0 Å². The van der Waals surface area contributed by atoms with E-state index in [4.69, 9.17) is 23.2 Å². The molecule has 0 unspecified atom stereocenters. The van der Waals surface area contributed by atoms with E-state index in [1.54, 1.807) is 7.05 Å². The molecular formula is C13H13Cl2N3O4. The van der Waals surface area contributed by atoms with Gasteiger partial charge < -0.3 is 15.0 Å². The molecule has 1 aliphatic rings. The number of nitrogens with zero attached hydrogens (tertiary/aromatic N) is 2. The van der Waals surface area contributed by atoms with Crippen molar-refractivity contribution < 1.29 is 19.1 Å². The van der Waals surface area contributed by atoms with E-state index in [9.17, 15) is 14.4 Å². The molecule has 7 nitrogen and oxygen atoms in total. The molecule has 0 atom stereocenters. The number of anilines is 1. The number of halogens is 2. The molecule has 118 valence electrons. The molecule has 1 aromatic carbocycles. The van der Waals surface area contributed by atoms with Gasteiger partial charge in [-0.15, -0.1) is 0 Å². The van der Waals surface area contributed by atoms with Crippen molar-refractivity contribution in [2.45, 2.75) is 0 Å². The number of carbonyl (C=O) groups excluding carboxylic acids is 3. The molecule has 0 aliphatic carbocycles. The van der Waals surface area contributed by atoms with Crippen LogP contribution in [0.5, 0.6) is 0 Å². The third kappa shape index (κ3) is 2.95. The van der Waals surface area contributed by atoms with Gasteiger partial charge in [0.2, 0.25) is 0 Å². The summed E-state index contributed by atoms with van der Waals surface area (Å²) < 4.78 is 4.60. The Morgan fingerprint density at radius 2 is 1.95 bits per heavy atom. The van der Waals surface area contributed by atoms with Crippen molar-refractivity contribution in [1.29, 1.82) is 0 Å². The Bertz CT molecular complexity index is 650. The van der Waals surface area contributed by atoms with E-state index in [-0.39, 0.29) is 27.8 Å². The van der Waals surface area contributed by atoms with Gasteiger partial charge in [0.05, 0.1) is 28.4 Å². The quantitative estimate of drug-likeness (QED) is 0.835. The van der Waals surface area contributed by atoms with Crippen LogP contribution >= 0.6 is 23.2 Å². The number of hydrogen-bond donors (Lipinski definition) is 1. The molecule has 0 saturated carbocycles. The van der Waals surface area contributed by atoms with Crippen LogP contribution < -0.4 is 5.32 Å². The van der Waals surface area contributed by atoms with E-state index in [1.165, 1.54) is 24.1 Å². The molecule has 22 heavy (non-hydrogen) atoms. The van der Waals surface area contributed by atoms with Gasteiger partial charge in [0.15, 0.2) is 0 Å². The Morgan fingerprint density at radius 3 is 2.50 bits per heavy atom. The van der Waals surface area contributed by atoms with Crippen LogP contribution in [-0.2, 0) is 4.74 Å². The summed E-state index contributed by atoms with van der Waals surface area (Å²) in [4.78, 5) is 38.0. The van der Waals surface area contributed by atoms with E-state index in [0.29, 0.717) is 6.54 Å². The maximum absolute atomic E-state index is 12.2. The van der Waals surface area contributed by atoms with Crippen LogP contribution in [0.25, 0.3) is 0 Å². The van der Waals surface area contributed by atoms with Gasteiger partial charge in [-0.2, -0.15) is 0 Å². The number of imide groups is 1. The average Bonchev–Trinajstić information content (AvgIpc) is 2.82. The standard InChI is InChI=1S/C13H13Cl2N3O4/c1-17-5-6-18(13(17)21)12(20)16-10-8(14)4-3-7(9(10)15)11(19)22-2/h3-4H,5-6H2,1-2H3,(H,16,20). The second-order valence-electron chi connectivity index (χ2n) is 4.56. The lowest BCUT2D eigenvalue weighted by atomic mass is 10.2. The minimum Gasteiger partial charge on any atom is -0.465 e. The summed E-state index contributed by atoms with van der Waals surface area (Å²) in [5.74, 6) is -0.658. The number of ether oxygens (including phenoxy) is 1. The average molecular weight is 346 g/mol. The molecule has 1 heterocycles. The first-order valence-electron chi connectivity index (χ1n) is 6.26. The van der Waals surface area contributed by atoms with Crippen molar-refractivity contribution in [1.82, 2.24) is 9.80 Å². The Balaban J connectivity index is 2.28. The van der Waals surface area contributed by atoms with Crippen molar-refractivity contribution in [2.75, 3.05) is 32.6 Å². The van der Waals surface area contributed by atoms with E-state index in [1.807, 2.05) is 0 Å². The molecule has 1 fully saturated rings. The maximum Gasteiger partial charge on any atom is 0.339 e. The molecule has 1 N–H and O–H groups in total. The Hall–Kier alpha value is -1.99. The van der Waals surface area contributed by atoms with Crippen LogP contribution in [-0.4, -0.2) is 55.1 Å². The minimum absolute atomic E-state index is 0.0484. The van der Waals surface area contributed by atoms with Gasteiger partial charge >= 0.3 is 18.0 Å². The summed E-state index contributed by atoms with van der Waals surface area (Å²) in [6, 6.07) is 1.71. The molecule has 2 rings (SSSR count). The molecule has 1 saturated heterocycles. The highest BCUT2D eigenvalue weighted by Gasteiger charge is 2.31. The molecule has 1 aromatic rings. The number of urea groups is 2. The van der Waals surface area contributed by atoms with E-state index in [0.717, 1.165) is 4.90 Å².